The van der Waals surface area contributed by atoms with Gasteiger partial charge in [0.15, 0.2) is 0 Å². The van der Waals surface area contributed by atoms with E-state index < -0.39 is 12.0 Å². The van der Waals surface area contributed by atoms with Gasteiger partial charge in [0.05, 0.1) is 25.2 Å². The number of carbonyl (C=O) groups is 1. The number of H-pyrrole nitrogens is 1. The second kappa shape index (κ2) is 8.12. The summed E-state index contributed by atoms with van der Waals surface area (Å²) in [5.74, 6) is -0.718. The molecule has 6 nitrogen and oxygen atoms in total. The fourth-order valence-corrected chi connectivity index (χ4v) is 3.72. The second-order valence-electron chi connectivity index (χ2n) is 6.85. The van der Waals surface area contributed by atoms with E-state index in [1.165, 1.54) is 6.92 Å². The molecule has 1 saturated heterocycles. The first kappa shape index (κ1) is 18.8. The monoisotopic (exact) mass is 357 g/mol. The van der Waals surface area contributed by atoms with Gasteiger partial charge in [0, 0.05) is 47.5 Å². The molecule has 2 aromatic rings. The largest absolute Gasteiger partial charge is 0.387 e. The summed E-state index contributed by atoms with van der Waals surface area (Å²) in [5.41, 5.74) is 2.65. The molecule has 2 unspecified atom stereocenters. The molecule has 0 saturated carbocycles. The van der Waals surface area contributed by atoms with Gasteiger partial charge in [-0.1, -0.05) is 25.1 Å². The summed E-state index contributed by atoms with van der Waals surface area (Å²) < 4.78 is 5.38. The lowest BCUT2D eigenvalue weighted by Gasteiger charge is -2.29. The number of ketones is 1. The van der Waals surface area contributed by atoms with E-state index in [1.54, 1.807) is 0 Å². The van der Waals surface area contributed by atoms with Crippen LogP contribution < -0.4 is 0 Å². The number of benzene rings is 1. The van der Waals surface area contributed by atoms with Crippen molar-refractivity contribution in [2.24, 2.45) is 0 Å². The van der Waals surface area contributed by atoms with Crippen LogP contribution in [0.15, 0.2) is 24.3 Å². The van der Waals surface area contributed by atoms with Crippen molar-refractivity contribution in [1.82, 2.24) is 9.88 Å². The van der Waals surface area contributed by atoms with Crippen molar-refractivity contribution >= 4 is 22.4 Å². The molecule has 140 valence electrons. The molecule has 1 aromatic heterocycles. The van der Waals surface area contributed by atoms with Crippen LogP contribution in [0.1, 0.15) is 43.5 Å². The SMILES string of the molecule is CCC(=N)C(C(C)=O)c1[nH]c2ccccc2c1C(O)CN1CCOCC1. The smallest absolute Gasteiger partial charge is 0.144 e. The molecule has 0 radical (unpaired) electrons. The fourth-order valence-electron chi connectivity index (χ4n) is 3.72. The number of hydrogen-bond acceptors (Lipinski definition) is 5. The maximum absolute atomic E-state index is 12.3. The van der Waals surface area contributed by atoms with Crippen molar-refractivity contribution in [3.63, 3.8) is 0 Å². The van der Waals surface area contributed by atoms with Gasteiger partial charge in [-0.25, -0.2) is 0 Å². The molecule has 0 bridgehead atoms. The average molecular weight is 357 g/mol. The number of para-hydroxylation sites is 1. The molecule has 26 heavy (non-hydrogen) atoms. The van der Waals surface area contributed by atoms with E-state index in [2.05, 4.69) is 9.88 Å². The number of hydrogen-bond donors (Lipinski definition) is 3. The van der Waals surface area contributed by atoms with Crippen molar-refractivity contribution < 1.29 is 14.6 Å². The van der Waals surface area contributed by atoms with Gasteiger partial charge in [0.25, 0.3) is 0 Å². The van der Waals surface area contributed by atoms with E-state index in [9.17, 15) is 9.90 Å². The van der Waals surface area contributed by atoms with Crippen molar-refractivity contribution in [2.45, 2.75) is 32.3 Å². The van der Waals surface area contributed by atoms with Gasteiger partial charge in [-0.2, -0.15) is 0 Å². The number of morpholine rings is 1. The topological polar surface area (TPSA) is 89.4 Å². The number of nitrogens with zero attached hydrogens (tertiary/aromatic N) is 1. The molecule has 3 N–H and O–H groups in total. The van der Waals surface area contributed by atoms with Crippen LogP contribution in [0.25, 0.3) is 10.9 Å². The molecular weight excluding hydrogens is 330 g/mol. The molecule has 0 aliphatic carbocycles. The highest BCUT2D eigenvalue weighted by Crippen LogP contribution is 2.34. The third kappa shape index (κ3) is 3.72. The minimum Gasteiger partial charge on any atom is -0.387 e. The van der Waals surface area contributed by atoms with Gasteiger partial charge in [0.1, 0.15) is 5.78 Å². The van der Waals surface area contributed by atoms with Crippen LogP contribution in [0, 0.1) is 5.41 Å². The number of aromatic amines is 1. The summed E-state index contributed by atoms with van der Waals surface area (Å²) in [6.07, 6.45) is -0.232. The predicted octanol–water partition coefficient (Wildman–Crippen LogP) is 2.64. The fraction of sp³-hybridized carbons (Fsp3) is 0.500. The molecule has 1 aliphatic rings. The maximum Gasteiger partial charge on any atom is 0.144 e. The Morgan fingerprint density at radius 2 is 2.04 bits per heavy atom. The third-order valence-corrected chi connectivity index (χ3v) is 5.07. The zero-order valence-corrected chi connectivity index (χ0v) is 15.4. The van der Waals surface area contributed by atoms with Gasteiger partial charge in [-0.15, -0.1) is 0 Å². The highest BCUT2D eigenvalue weighted by Gasteiger charge is 2.30. The van der Waals surface area contributed by atoms with Crippen LogP contribution in [0.3, 0.4) is 0 Å². The Hall–Kier alpha value is -2.02. The number of Topliss-reactive ketones (excluding diaryl/α,β-unsaturated/α-hetero) is 1. The number of carbonyl (C=O) groups excluding carboxylic acids is 1. The predicted molar refractivity (Wildman–Crippen MR) is 102 cm³/mol. The van der Waals surface area contributed by atoms with E-state index in [0.29, 0.717) is 37.6 Å². The molecule has 6 heteroatoms. The first-order valence-electron chi connectivity index (χ1n) is 9.19. The minimum absolute atomic E-state index is 0.0803. The molecular formula is C20H27N3O3. The van der Waals surface area contributed by atoms with Crippen LogP contribution in [0.4, 0.5) is 0 Å². The lowest BCUT2D eigenvalue weighted by Crippen LogP contribution is -2.39. The van der Waals surface area contributed by atoms with E-state index in [4.69, 9.17) is 10.1 Å². The summed E-state index contributed by atoms with van der Waals surface area (Å²) in [7, 11) is 0. The molecule has 2 heterocycles. The molecule has 1 aliphatic heterocycles. The lowest BCUT2D eigenvalue weighted by molar-refractivity contribution is -0.117. The molecule has 1 aromatic carbocycles. The summed E-state index contributed by atoms with van der Waals surface area (Å²) in [5, 5.41) is 20.2. The van der Waals surface area contributed by atoms with Crippen LogP contribution in [0.5, 0.6) is 0 Å². The summed E-state index contributed by atoms with van der Waals surface area (Å²) in [6.45, 7) is 6.80. The first-order valence-corrected chi connectivity index (χ1v) is 9.19. The Bertz CT molecular complexity index is 793. The average Bonchev–Trinajstić information content (AvgIpc) is 3.01. The van der Waals surface area contributed by atoms with Gasteiger partial charge in [-0.3, -0.25) is 9.69 Å². The van der Waals surface area contributed by atoms with Crippen molar-refractivity contribution in [1.29, 1.82) is 5.41 Å². The molecule has 0 spiro atoms. The van der Waals surface area contributed by atoms with Crippen LogP contribution in [0.2, 0.25) is 0 Å². The van der Waals surface area contributed by atoms with Crippen LogP contribution in [-0.2, 0) is 9.53 Å². The molecule has 0 amide bonds. The van der Waals surface area contributed by atoms with E-state index >= 15 is 0 Å². The van der Waals surface area contributed by atoms with Crippen molar-refractivity contribution in [3.05, 3.63) is 35.5 Å². The Balaban J connectivity index is 2.03. The van der Waals surface area contributed by atoms with E-state index in [-0.39, 0.29) is 5.78 Å². The molecule has 3 rings (SSSR count). The Labute approximate surface area is 153 Å². The number of nitrogens with one attached hydrogen (secondary N) is 2. The third-order valence-electron chi connectivity index (χ3n) is 5.07. The van der Waals surface area contributed by atoms with E-state index in [0.717, 1.165) is 29.6 Å². The van der Waals surface area contributed by atoms with Gasteiger partial charge in [0.2, 0.25) is 0 Å². The zero-order chi connectivity index (χ0) is 18.7. The van der Waals surface area contributed by atoms with Crippen LogP contribution in [-0.4, -0.2) is 59.3 Å². The highest BCUT2D eigenvalue weighted by atomic mass is 16.5. The number of fused-ring (bicyclic) bond motifs is 1. The summed E-state index contributed by atoms with van der Waals surface area (Å²) in [4.78, 5) is 17.8. The lowest BCUT2D eigenvalue weighted by atomic mass is 9.89. The maximum atomic E-state index is 12.3. The Morgan fingerprint density at radius 3 is 2.69 bits per heavy atom. The minimum atomic E-state index is -0.731. The molecule has 1 fully saturated rings. The second-order valence-corrected chi connectivity index (χ2v) is 6.85. The quantitative estimate of drug-likeness (QED) is 0.665. The highest BCUT2D eigenvalue weighted by molar-refractivity contribution is 6.08. The van der Waals surface area contributed by atoms with Gasteiger partial charge < -0.3 is 20.2 Å². The van der Waals surface area contributed by atoms with Gasteiger partial charge >= 0.3 is 0 Å². The van der Waals surface area contributed by atoms with Crippen molar-refractivity contribution in [2.75, 3.05) is 32.8 Å². The van der Waals surface area contributed by atoms with E-state index in [1.807, 2.05) is 31.2 Å². The number of aliphatic hydroxyl groups is 1. The first-order chi connectivity index (χ1) is 12.5. The molecule has 2 atom stereocenters. The van der Waals surface area contributed by atoms with Crippen molar-refractivity contribution in [3.8, 4) is 0 Å². The standard InChI is InChI=1S/C20H27N3O3/c1-3-15(21)18(13(2)24)20-19(14-6-4-5-7-16(14)22-20)17(25)12-23-8-10-26-11-9-23/h4-7,17-18,21-22,25H,3,8-12H2,1-2H3. The normalized spacial score (nSPS) is 18.0. The van der Waals surface area contributed by atoms with Gasteiger partial charge in [-0.05, 0) is 19.4 Å². The number of β-amino-alcohol motifs (C(OH)–C–C–N with tert-alkyl or cyclic N) is 1. The number of ether oxygens (including phenoxy) is 1. The Morgan fingerprint density at radius 1 is 1.35 bits per heavy atom. The Kier molecular flexibility index (Phi) is 5.86. The number of aromatic nitrogens is 1. The summed E-state index contributed by atoms with van der Waals surface area (Å²) in [6, 6.07) is 7.75. The number of aliphatic hydroxyl groups excluding tert-OH is 1. The number of rotatable bonds is 7. The summed E-state index contributed by atoms with van der Waals surface area (Å²) >= 11 is 0. The zero-order valence-electron chi connectivity index (χ0n) is 15.4. The van der Waals surface area contributed by atoms with Crippen LogP contribution >= 0.6 is 0 Å².